The maximum absolute atomic E-state index is 11.3. The zero-order chi connectivity index (χ0) is 13.4. The Balaban J connectivity index is 3.73. The van der Waals surface area contributed by atoms with Crippen LogP contribution in [-0.2, 0) is 18.1 Å². The highest BCUT2D eigenvalue weighted by molar-refractivity contribution is 8.14. The molecule has 0 aliphatic heterocycles. The Kier molecular flexibility index (Phi) is 3.97. The Hall–Kier alpha value is -0.500. The minimum Gasteiger partial charge on any atom is -0.495 e. The number of hydrogen-bond donors (Lipinski definition) is 0. The second-order valence-corrected chi connectivity index (χ2v) is 8.21. The summed E-state index contributed by atoms with van der Waals surface area (Å²) in [6, 6.07) is 2.11. The fourth-order valence-corrected chi connectivity index (χ4v) is 3.53. The van der Waals surface area contributed by atoms with Crippen LogP contribution >= 0.6 is 21.4 Å². The van der Waals surface area contributed by atoms with Crippen molar-refractivity contribution in [1.29, 1.82) is 0 Å². The molecule has 0 aliphatic rings. The van der Waals surface area contributed by atoms with Gasteiger partial charge >= 0.3 is 0 Å². The van der Waals surface area contributed by atoms with Gasteiger partial charge in [0.25, 0.3) is 18.1 Å². The predicted molar refractivity (Wildman–Crippen MR) is 63.8 cm³/mol. The molecule has 0 saturated carbocycles. The molecule has 0 fully saturated rings. The van der Waals surface area contributed by atoms with Gasteiger partial charge in [-0.15, -0.1) is 0 Å². The lowest BCUT2D eigenvalue weighted by Crippen LogP contribution is -2.02. The number of aryl methyl sites for hydroxylation is 1. The van der Waals surface area contributed by atoms with E-state index in [1.165, 1.54) is 20.1 Å². The van der Waals surface area contributed by atoms with E-state index in [1.807, 2.05) is 0 Å². The monoisotopic (exact) mass is 318 g/mol. The van der Waals surface area contributed by atoms with Gasteiger partial charge in [-0.25, -0.2) is 16.8 Å². The average Bonchev–Trinajstić information content (AvgIpc) is 2.13. The fourth-order valence-electron chi connectivity index (χ4n) is 1.26. The largest absolute Gasteiger partial charge is 0.495 e. The van der Waals surface area contributed by atoms with Crippen LogP contribution in [0, 0.1) is 6.92 Å². The molecule has 1 rings (SSSR count). The van der Waals surface area contributed by atoms with E-state index < -0.39 is 23.0 Å². The van der Waals surface area contributed by atoms with Crippen molar-refractivity contribution >= 4 is 39.5 Å². The van der Waals surface area contributed by atoms with Crippen LogP contribution in [0.2, 0.25) is 0 Å². The summed E-state index contributed by atoms with van der Waals surface area (Å²) >= 11 is 0. The smallest absolute Gasteiger partial charge is 0.265 e. The Morgan fingerprint density at radius 1 is 1.00 bits per heavy atom. The number of rotatable bonds is 3. The molecule has 0 aliphatic carbocycles. The molecule has 0 N–H and O–H groups in total. The van der Waals surface area contributed by atoms with Crippen molar-refractivity contribution in [2.24, 2.45) is 0 Å². The van der Waals surface area contributed by atoms with Crippen molar-refractivity contribution in [3.8, 4) is 5.75 Å². The molecule has 96 valence electrons. The molecule has 0 amide bonds. The van der Waals surface area contributed by atoms with E-state index >= 15 is 0 Å². The van der Waals surface area contributed by atoms with E-state index in [0.717, 1.165) is 6.07 Å². The van der Waals surface area contributed by atoms with Crippen LogP contribution in [0.15, 0.2) is 21.9 Å². The molecule has 0 aromatic heterocycles. The summed E-state index contributed by atoms with van der Waals surface area (Å²) in [4.78, 5) is -0.759. The van der Waals surface area contributed by atoms with E-state index in [9.17, 15) is 16.8 Å². The van der Waals surface area contributed by atoms with Crippen LogP contribution in [0.1, 0.15) is 5.56 Å². The molecule has 9 heteroatoms. The van der Waals surface area contributed by atoms with E-state index in [-0.39, 0.29) is 16.2 Å². The van der Waals surface area contributed by atoms with Crippen molar-refractivity contribution in [3.63, 3.8) is 0 Å². The Bertz CT molecular complexity index is 649. The van der Waals surface area contributed by atoms with Gasteiger partial charge in [0.05, 0.1) is 12.0 Å². The molecule has 0 saturated heterocycles. The van der Waals surface area contributed by atoms with Gasteiger partial charge in [0.15, 0.2) is 0 Å². The van der Waals surface area contributed by atoms with Crippen LogP contribution in [-0.4, -0.2) is 23.9 Å². The third-order valence-electron chi connectivity index (χ3n) is 1.99. The third-order valence-corrected chi connectivity index (χ3v) is 4.79. The lowest BCUT2D eigenvalue weighted by atomic mass is 10.2. The molecule has 0 spiro atoms. The maximum atomic E-state index is 11.3. The number of ether oxygens (including phenoxy) is 1. The lowest BCUT2D eigenvalue weighted by Gasteiger charge is -2.09. The van der Waals surface area contributed by atoms with Crippen molar-refractivity contribution in [1.82, 2.24) is 0 Å². The molecule has 0 unspecified atom stereocenters. The van der Waals surface area contributed by atoms with Crippen molar-refractivity contribution < 1.29 is 21.6 Å². The molecular formula is C8H8Cl2O5S2. The first kappa shape index (κ1) is 14.6. The zero-order valence-electron chi connectivity index (χ0n) is 8.77. The molecular weight excluding hydrogens is 311 g/mol. The first-order chi connectivity index (χ1) is 7.57. The summed E-state index contributed by atoms with van der Waals surface area (Å²) < 4.78 is 49.8. The first-order valence-corrected chi connectivity index (χ1v) is 8.77. The molecule has 0 radical (unpaired) electrons. The quantitative estimate of drug-likeness (QED) is 0.795. The summed E-state index contributed by atoms with van der Waals surface area (Å²) in [5, 5.41) is 0. The van der Waals surface area contributed by atoms with Gasteiger partial charge in [0.2, 0.25) is 0 Å². The summed E-state index contributed by atoms with van der Waals surface area (Å²) in [7, 11) is 3.42. The predicted octanol–water partition coefficient (Wildman–Crippen LogP) is 1.86. The normalized spacial score (nSPS) is 12.5. The highest BCUT2D eigenvalue weighted by Gasteiger charge is 2.23. The van der Waals surface area contributed by atoms with Crippen LogP contribution in [0.4, 0.5) is 0 Å². The SMILES string of the molecule is COc1cc(C)c(S(=O)(=O)Cl)cc1S(=O)(=O)Cl. The highest BCUT2D eigenvalue weighted by atomic mass is 35.7. The number of methoxy groups -OCH3 is 1. The van der Waals surface area contributed by atoms with Gasteiger partial charge in [-0.2, -0.15) is 0 Å². The van der Waals surface area contributed by atoms with Crippen LogP contribution in [0.25, 0.3) is 0 Å². The summed E-state index contributed by atoms with van der Waals surface area (Å²) in [5.74, 6) is -0.0402. The number of halogens is 2. The standard InChI is InChI=1S/C8H8Cl2O5S2/c1-5-3-6(15-2)8(17(10,13)14)4-7(5)16(9,11)12/h3-4H,1-2H3. The first-order valence-electron chi connectivity index (χ1n) is 4.15. The molecule has 0 bridgehead atoms. The maximum Gasteiger partial charge on any atom is 0.265 e. The van der Waals surface area contributed by atoms with Crippen LogP contribution in [0.3, 0.4) is 0 Å². The molecule has 17 heavy (non-hydrogen) atoms. The number of benzene rings is 1. The fraction of sp³-hybridized carbons (Fsp3) is 0.250. The van der Waals surface area contributed by atoms with Crippen molar-refractivity contribution in [2.75, 3.05) is 7.11 Å². The second kappa shape index (κ2) is 4.64. The van der Waals surface area contributed by atoms with Crippen molar-refractivity contribution in [3.05, 3.63) is 17.7 Å². The number of hydrogen-bond acceptors (Lipinski definition) is 5. The second-order valence-electron chi connectivity index (χ2n) is 3.14. The van der Waals surface area contributed by atoms with Crippen LogP contribution in [0.5, 0.6) is 5.75 Å². The minimum absolute atomic E-state index is 0.0402. The molecule has 1 aromatic carbocycles. The third kappa shape index (κ3) is 3.25. The summed E-state index contributed by atoms with van der Waals surface area (Å²) in [5.41, 5.74) is 0.265. The van der Waals surface area contributed by atoms with E-state index in [2.05, 4.69) is 0 Å². The zero-order valence-corrected chi connectivity index (χ0v) is 11.9. The van der Waals surface area contributed by atoms with E-state index in [0.29, 0.717) is 0 Å². The van der Waals surface area contributed by atoms with Gasteiger partial charge in [0.1, 0.15) is 10.6 Å². The van der Waals surface area contributed by atoms with Gasteiger partial charge in [-0.05, 0) is 24.6 Å². The Morgan fingerprint density at radius 3 is 1.82 bits per heavy atom. The Labute approximate surface area is 108 Å². The van der Waals surface area contributed by atoms with E-state index in [4.69, 9.17) is 26.1 Å². The lowest BCUT2D eigenvalue weighted by molar-refractivity contribution is 0.402. The summed E-state index contributed by atoms with van der Waals surface area (Å²) in [6.07, 6.45) is 0. The van der Waals surface area contributed by atoms with Gasteiger partial charge < -0.3 is 4.74 Å². The topological polar surface area (TPSA) is 77.5 Å². The van der Waals surface area contributed by atoms with E-state index in [1.54, 1.807) is 0 Å². The van der Waals surface area contributed by atoms with Crippen LogP contribution < -0.4 is 4.74 Å². The van der Waals surface area contributed by atoms with Crippen molar-refractivity contribution in [2.45, 2.75) is 16.7 Å². The Morgan fingerprint density at radius 2 is 1.47 bits per heavy atom. The molecule has 1 aromatic rings. The minimum atomic E-state index is -4.12. The van der Waals surface area contributed by atoms with Gasteiger partial charge in [-0.3, -0.25) is 0 Å². The average molecular weight is 319 g/mol. The molecule has 0 heterocycles. The summed E-state index contributed by atoms with van der Waals surface area (Å²) in [6.45, 7) is 1.46. The molecule has 5 nitrogen and oxygen atoms in total. The molecule has 0 atom stereocenters. The van der Waals surface area contributed by atoms with Gasteiger partial charge in [-0.1, -0.05) is 0 Å². The van der Waals surface area contributed by atoms with Gasteiger partial charge in [0, 0.05) is 21.4 Å². The highest BCUT2D eigenvalue weighted by Crippen LogP contribution is 2.33.